The minimum atomic E-state index is -1.64. The minimum Gasteiger partial charge on any atom is -0.249 e. The maximum atomic E-state index is 16.3. The van der Waals surface area contributed by atoms with Crippen LogP contribution >= 0.6 is 0 Å². The maximum absolute atomic E-state index is 16.3. The number of hydrogen-bond donors (Lipinski definition) is 1. The number of halogens is 1. The molecule has 0 spiro atoms. The number of benzene rings is 4. The van der Waals surface area contributed by atoms with Crippen molar-refractivity contribution >= 4 is 21.8 Å². The number of aryl methyl sites for hydroxylation is 2. The molecule has 0 heterocycles. The molecule has 4 atom stereocenters. The first-order valence-electron chi connectivity index (χ1n) is 10.9. The second-order valence-electron chi connectivity index (χ2n) is 8.11. The van der Waals surface area contributed by atoms with Gasteiger partial charge in [0.1, 0.15) is 17.2 Å². The molecule has 0 aromatic heterocycles. The summed E-state index contributed by atoms with van der Waals surface area (Å²) in [6.45, 7) is 3.91. The normalized spacial score (nSPS) is 14.8. The Kier molecular flexibility index (Phi) is 7.83. The van der Waals surface area contributed by atoms with Crippen molar-refractivity contribution in [3.63, 3.8) is 0 Å². The molecule has 6 heteroatoms. The van der Waals surface area contributed by atoms with Crippen LogP contribution in [-0.2, 0) is 21.8 Å². The fourth-order valence-electron chi connectivity index (χ4n) is 3.65. The van der Waals surface area contributed by atoms with Gasteiger partial charge in [0, 0.05) is 15.4 Å². The topological polar surface area (TPSA) is 46.2 Å². The standard InChI is InChI=1S/C28H26FNO2S2/c1-20-12-16-23(17-13-20)33(31)26-11-7-6-10-25(26)27(29)28(22-8-4-3-5-9-22)30-34(32)24-18-14-21(2)15-19-24/h3-19,27-28,30H,1-2H3/t27-,28-,33-,34?/m0/s1. The maximum Gasteiger partial charge on any atom is 0.147 e. The Bertz CT molecular complexity index is 1290. The molecule has 0 bridgehead atoms. The van der Waals surface area contributed by atoms with Crippen molar-refractivity contribution in [2.24, 2.45) is 0 Å². The first-order chi connectivity index (χ1) is 16.4. The molecule has 3 nitrogen and oxygen atoms in total. The molecule has 0 saturated carbocycles. The van der Waals surface area contributed by atoms with Crippen molar-refractivity contribution in [3.05, 3.63) is 125 Å². The van der Waals surface area contributed by atoms with E-state index in [1.807, 2.05) is 56.3 Å². The lowest BCUT2D eigenvalue weighted by Crippen LogP contribution is -2.28. The smallest absolute Gasteiger partial charge is 0.147 e. The second-order valence-corrected chi connectivity index (χ2v) is 10.8. The van der Waals surface area contributed by atoms with Crippen LogP contribution in [0.2, 0.25) is 0 Å². The van der Waals surface area contributed by atoms with E-state index in [1.54, 1.807) is 60.7 Å². The molecule has 174 valence electrons. The highest BCUT2D eigenvalue weighted by atomic mass is 32.2. The number of alkyl halides is 1. The minimum absolute atomic E-state index is 0.309. The first-order valence-corrected chi connectivity index (χ1v) is 13.2. The van der Waals surface area contributed by atoms with Gasteiger partial charge in [-0.3, -0.25) is 0 Å². The quantitative estimate of drug-likeness (QED) is 0.304. The van der Waals surface area contributed by atoms with E-state index in [4.69, 9.17) is 0 Å². The summed E-state index contributed by atoms with van der Waals surface area (Å²) in [7, 11) is -3.19. The van der Waals surface area contributed by atoms with Gasteiger partial charge in [0.05, 0.1) is 21.7 Å². The Morgan fingerprint density at radius 3 is 1.82 bits per heavy atom. The number of nitrogens with one attached hydrogen (secondary N) is 1. The second kappa shape index (κ2) is 11.0. The monoisotopic (exact) mass is 491 g/mol. The van der Waals surface area contributed by atoms with Crippen LogP contribution in [0.5, 0.6) is 0 Å². The van der Waals surface area contributed by atoms with Crippen LogP contribution in [0.3, 0.4) is 0 Å². The fourth-order valence-corrected chi connectivity index (χ4v) is 5.89. The van der Waals surface area contributed by atoms with Crippen molar-refractivity contribution in [2.75, 3.05) is 0 Å². The van der Waals surface area contributed by atoms with E-state index in [0.29, 0.717) is 25.8 Å². The molecule has 1 unspecified atom stereocenters. The SMILES string of the molecule is Cc1ccc(S(=O)N[C@@H](c2ccccc2)[C@@H](F)c2ccccc2[S@@](=O)c2ccc(C)cc2)cc1. The zero-order valence-corrected chi connectivity index (χ0v) is 20.6. The molecule has 4 aromatic carbocycles. The van der Waals surface area contributed by atoms with Gasteiger partial charge in [-0.05, 0) is 49.7 Å². The average Bonchev–Trinajstić information content (AvgIpc) is 2.87. The molecule has 0 radical (unpaired) electrons. The Morgan fingerprint density at radius 2 is 1.21 bits per heavy atom. The van der Waals surface area contributed by atoms with Gasteiger partial charge in [-0.15, -0.1) is 0 Å². The van der Waals surface area contributed by atoms with Crippen LogP contribution < -0.4 is 4.72 Å². The van der Waals surface area contributed by atoms with Gasteiger partial charge in [0.25, 0.3) is 0 Å². The molecule has 1 N–H and O–H groups in total. The third kappa shape index (κ3) is 5.58. The summed E-state index contributed by atoms with van der Waals surface area (Å²) in [5.41, 5.74) is 3.08. The molecular formula is C28H26FNO2S2. The predicted octanol–water partition coefficient (Wildman–Crippen LogP) is 6.53. The molecule has 4 rings (SSSR count). The Hall–Kier alpha value is -2.93. The third-order valence-corrected chi connectivity index (χ3v) is 8.21. The highest BCUT2D eigenvalue weighted by Gasteiger charge is 2.29. The van der Waals surface area contributed by atoms with Crippen molar-refractivity contribution in [2.45, 2.75) is 40.7 Å². The van der Waals surface area contributed by atoms with Gasteiger partial charge in [-0.1, -0.05) is 83.9 Å². The third-order valence-electron chi connectivity index (χ3n) is 5.57. The van der Waals surface area contributed by atoms with E-state index in [9.17, 15) is 8.42 Å². The van der Waals surface area contributed by atoms with Crippen LogP contribution in [-0.4, -0.2) is 8.42 Å². The van der Waals surface area contributed by atoms with Gasteiger partial charge >= 0.3 is 0 Å². The first kappa shape index (κ1) is 24.2. The summed E-state index contributed by atoms with van der Waals surface area (Å²) < 4.78 is 45.8. The summed E-state index contributed by atoms with van der Waals surface area (Å²) in [6, 6.07) is 29.7. The molecule has 4 aromatic rings. The summed E-state index contributed by atoms with van der Waals surface area (Å²) in [4.78, 5) is 1.58. The van der Waals surface area contributed by atoms with E-state index >= 15 is 4.39 Å². The van der Waals surface area contributed by atoms with Crippen molar-refractivity contribution in [1.29, 1.82) is 0 Å². The van der Waals surface area contributed by atoms with E-state index in [-0.39, 0.29) is 0 Å². The predicted molar refractivity (Wildman–Crippen MR) is 136 cm³/mol. The molecule has 0 amide bonds. The molecule has 0 fully saturated rings. The largest absolute Gasteiger partial charge is 0.249 e. The Morgan fingerprint density at radius 1 is 0.676 bits per heavy atom. The average molecular weight is 492 g/mol. The lowest BCUT2D eigenvalue weighted by atomic mass is 9.98. The summed E-state index contributed by atoms with van der Waals surface area (Å²) in [5.74, 6) is 0. The van der Waals surface area contributed by atoms with Crippen LogP contribution in [0.25, 0.3) is 0 Å². The van der Waals surface area contributed by atoms with Crippen molar-refractivity contribution in [1.82, 2.24) is 4.72 Å². The van der Waals surface area contributed by atoms with Crippen LogP contribution in [0.4, 0.5) is 4.39 Å². The molecule has 0 aliphatic rings. The fraction of sp³-hybridized carbons (Fsp3) is 0.143. The number of hydrogen-bond acceptors (Lipinski definition) is 2. The molecule has 0 saturated heterocycles. The molecular weight excluding hydrogens is 465 g/mol. The van der Waals surface area contributed by atoms with Gasteiger partial charge in [-0.2, -0.15) is 0 Å². The summed E-state index contributed by atoms with van der Waals surface area (Å²) >= 11 is 0. The van der Waals surface area contributed by atoms with Crippen molar-refractivity contribution in [3.8, 4) is 0 Å². The van der Waals surface area contributed by atoms with Crippen LogP contribution in [0.15, 0.2) is 118 Å². The molecule has 0 aliphatic carbocycles. The summed E-state index contributed by atoms with van der Waals surface area (Å²) in [6.07, 6.45) is -1.58. The van der Waals surface area contributed by atoms with E-state index in [0.717, 1.165) is 11.1 Å². The van der Waals surface area contributed by atoms with E-state index < -0.39 is 34.0 Å². The number of rotatable bonds is 8. The van der Waals surface area contributed by atoms with E-state index in [1.165, 1.54) is 0 Å². The summed E-state index contributed by atoms with van der Waals surface area (Å²) in [5, 5.41) is 0. The van der Waals surface area contributed by atoms with Gasteiger partial charge in [0.2, 0.25) is 0 Å². The van der Waals surface area contributed by atoms with Gasteiger partial charge in [-0.25, -0.2) is 17.5 Å². The lowest BCUT2D eigenvalue weighted by Gasteiger charge is -2.24. The van der Waals surface area contributed by atoms with Crippen LogP contribution in [0, 0.1) is 13.8 Å². The highest BCUT2D eigenvalue weighted by molar-refractivity contribution is 7.85. The van der Waals surface area contributed by atoms with E-state index in [2.05, 4.69) is 4.72 Å². The van der Waals surface area contributed by atoms with Gasteiger partial charge in [0.15, 0.2) is 0 Å². The van der Waals surface area contributed by atoms with Crippen molar-refractivity contribution < 1.29 is 12.8 Å². The zero-order valence-electron chi connectivity index (χ0n) is 19.0. The highest BCUT2D eigenvalue weighted by Crippen LogP contribution is 2.37. The molecule has 0 aliphatic heterocycles. The van der Waals surface area contributed by atoms with Crippen LogP contribution in [0.1, 0.15) is 34.5 Å². The lowest BCUT2D eigenvalue weighted by molar-refractivity contribution is 0.275. The molecule has 34 heavy (non-hydrogen) atoms. The Balaban J connectivity index is 1.70. The van der Waals surface area contributed by atoms with Gasteiger partial charge < -0.3 is 0 Å². The Labute approximate surface area is 205 Å². The zero-order chi connectivity index (χ0) is 24.1.